The van der Waals surface area contributed by atoms with Crippen LogP contribution in [0.2, 0.25) is 0 Å². The Morgan fingerprint density at radius 1 is 1.19 bits per heavy atom. The van der Waals surface area contributed by atoms with E-state index in [1.807, 2.05) is 32.0 Å². The molecule has 0 amide bonds. The first-order valence-corrected chi connectivity index (χ1v) is 9.64. The minimum absolute atomic E-state index is 0.290. The van der Waals surface area contributed by atoms with Crippen LogP contribution < -0.4 is 11.2 Å². The molecule has 1 aromatic carbocycles. The van der Waals surface area contributed by atoms with Gasteiger partial charge in [-0.2, -0.15) is 5.48 Å². The van der Waals surface area contributed by atoms with Crippen molar-refractivity contribution in [3.63, 3.8) is 0 Å². The first-order chi connectivity index (χ1) is 13.2. The minimum Gasteiger partial charge on any atom is -0.382 e. The van der Waals surface area contributed by atoms with Gasteiger partial charge in [-0.25, -0.2) is 9.97 Å². The van der Waals surface area contributed by atoms with Crippen molar-refractivity contribution < 1.29 is 9.57 Å². The number of hydroxylamine groups is 1. The summed E-state index contributed by atoms with van der Waals surface area (Å²) in [7, 11) is 0. The van der Waals surface area contributed by atoms with Gasteiger partial charge in [0.25, 0.3) is 0 Å². The van der Waals surface area contributed by atoms with Gasteiger partial charge in [-0.15, -0.1) is 0 Å². The second-order valence-corrected chi connectivity index (χ2v) is 6.62. The third kappa shape index (κ3) is 4.37. The van der Waals surface area contributed by atoms with Crippen LogP contribution in [0.5, 0.6) is 0 Å². The molecule has 2 heterocycles. The quantitative estimate of drug-likeness (QED) is 0.531. The molecule has 1 unspecified atom stereocenters. The topological polar surface area (TPSA) is 87.2 Å². The van der Waals surface area contributed by atoms with Gasteiger partial charge < -0.3 is 19.9 Å². The van der Waals surface area contributed by atoms with Gasteiger partial charge in [0.2, 0.25) is 0 Å². The first kappa shape index (κ1) is 19.5. The normalized spacial score (nSPS) is 12.9. The lowest BCUT2D eigenvalue weighted by molar-refractivity contribution is 0.0262. The number of aromatic nitrogens is 3. The fraction of sp³-hybridized carbons (Fsp3) is 0.500. The number of rotatable bonds is 10. The van der Waals surface area contributed by atoms with E-state index in [0.29, 0.717) is 31.7 Å². The van der Waals surface area contributed by atoms with Crippen molar-refractivity contribution >= 4 is 27.8 Å². The summed E-state index contributed by atoms with van der Waals surface area (Å²) >= 11 is 0. The number of hydrogen-bond acceptors (Lipinski definition) is 6. The molecule has 7 heteroatoms. The van der Waals surface area contributed by atoms with Crippen LogP contribution in [0.15, 0.2) is 24.3 Å². The molecule has 0 radical (unpaired) electrons. The molecule has 0 spiro atoms. The van der Waals surface area contributed by atoms with Gasteiger partial charge in [-0.1, -0.05) is 18.2 Å². The van der Waals surface area contributed by atoms with Gasteiger partial charge in [-0.05, 0) is 39.7 Å². The van der Waals surface area contributed by atoms with Crippen LogP contribution >= 0.6 is 0 Å². The average Bonchev–Trinajstić information content (AvgIpc) is 3.04. The summed E-state index contributed by atoms with van der Waals surface area (Å²) < 4.78 is 7.88. The lowest BCUT2D eigenvalue weighted by Gasteiger charge is -2.15. The highest BCUT2D eigenvalue weighted by molar-refractivity contribution is 6.06. The fourth-order valence-corrected chi connectivity index (χ4v) is 3.29. The lowest BCUT2D eigenvalue weighted by atomic mass is 10.1. The smallest absolute Gasteiger partial charge is 0.152 e. The molecule has 27 heavy (non-hydrogen) atoms. The molecule has 0 saturated carbocycles. The average molecular weight is 371 g/mol. The van der Waals surface area contributed by atoms with Crippen LogP contribution in [0.3, 0.4) is 0 Å². The predicted molar refractivity (Wildman–Crippen MR) is 108 cm³/mol. The first-order valence-electron chi connectivity index (χ1n) is 9.64. The molecule has 0 saturated heterocycles. The summed E-state index contributed by atoms with van der Waals surface area (Å²) in [6.07, 6.45) is 1.98. The minimum atomic E-state index is 0.290. The Hall–Kier alpha value is -2.22. The van der Waals surface area contributed by atoms with Gasteiger partial charge in [0.1, 0.15) is 17.9 Å². The highest BCUT2D eigenvalue weighted by Gasteiger charge is 2.17. The lowest BCUT2D eigenvalue weighted by Crippen LogP contribution is -2.26. The van der Waals surface area contributed by atoms with E-state index in [0.717, 1.165) is 47.1 Å². The molecule has 3 N–H and O–H groups in total. The Balaban J connectivity index is 1.94. The maximum Gasteiger partial charge on any atom is 0.152 e. The monoisotopic (exact) mass is 371 g/mol. The SMILES string of the molecule is CCOCc1nc2c(N)nc3ccccc3c2n1CCCC(C)NOCC. The fourth-order valence-electron chi connectivity index (χ4n) is 3.29. The van der Waals surface area contributed by atoms with Crippen LogP contribution in [0.1, 0.15) is 39.4 Å². The van der Waals surface area contributed by atoms with Crippen molar-refractivity contribution in [1.82, 2.24) is 20.0 Å². The number of hydrogen-bond donors (Lipinski definition) is 2. The zero-order valence-electron chi connectivity index (χ0n) is 16.4. The predicted octanol–water partition coefficient (Wildman–Crippen LogP) is 3.41. The third-order valence-corrected chi connectivity index (χ3v) is 4.57. The molecular formula is C20H29N5O2. The summed E-state index contributed by atoms with van der Waals surface area (Å²) in [6, 6.07) is 8.35. The number of anilines is 1. The van der Waals surface area contributed by atoms with Crippen LogP contribution in [0.4, 0.5) is 5.82 Å². The number of nitrogen functional groups attached to an aromatic ring is 1. The highest BCUT2D eigenvalue weighted by atomic mass is 16.6. The van der Waals surface area contributed by atoms with E-state index in [1.165, 1.54) is 0 Å². The van der Waals surface area contributed by atoms with Crippen LogP contribution in [0, 0.1) is 0 Å². The van der Waals surface area contributed by atoms with Gasteiger partial charge in [-0.3, -0.25) is 0 Å². The molecule has 3 aromatic rings. The van der Waals surface area contributed by atoms with Crippen molar-refractivity contribution in [3.8, 4) is 0 Å². The number of nitrogens with two attached hydrogens (primary N) is 1. The molecule has 0 fully saturated rings. The van der Waals surface area contributed by atoms with Crippen molar-refractivity contribution in [2.75, 3.05) is 18.9 Å². The van der Waals surface area contributed by atoms with E-state index >= 15 is 0 Å². The summed E-state index contributed by atoms with van der Waals surface area (Å²) in [5, 5.41) is 1.07. The second kappa shape index (κ2) is 9.12. The van der Waals surface area contributed by atoms with Gasteiger partial charge in [0, 0.05) is 24.6 Å². The Labute approximate surface area is 159 Å². The Kier molecular flexibility index (Phi) is 6.60. The van der Waals surface area contributed by atoms with E-state index in [2.05, 4.69) is 28.0 Å². The zero-order chi connectivity index (χ0) is 19.2. The van der Waals surface area contributed by atoms with E-state index in [9.17, 15) is 0 Å². The van der Waals surface area contributed by atoms with Gasteiger partial charge >= 0.3 is 0 Å². The molecule has 146 valence electrons. The number of nitrogens with one attached hydrogen (secondary N) is 1. The van der Waals surface area contributed by atoms with Gasteiger partial charge in [0.15, 0.2) is 5.82 Å². The Morgan fingerprint density at radius 2 is 2.00 bits per heavy atom. The van der Waals surface area contributed by atoms with Crippen LogP contribution in [-0.2, 0) is 22.7 Å². The molecule has 0 aliphatic heterocycles. The number of benzene rings is 1. The summed E-state index contributed by atoms with van der Waals surface area (Å²) in [5.74, 6) is 1.36. The molecule has 3 rings (SSSR count). The van der Waals surface area contributed by atoms with E-state index in [4.69, 9.17) is 20.3 Å². The standard InChI is InChI=1S/C20H29N5O2/c1-4-26-13-17-23-18-19(15-10-6-7-11-16(15)22-20(18)21)25(17)12-8-9-14(3)24-27-5-2/h6-7,10-11,14,24H,4-5,8-9,12-13H2,1-3H3,(H2,21,22). The maximum absolute atomic E-state index is 6.21. The Morgan fingerprint density at radius 3 is 2.78 bits per heavy atom. The van der Waals surface area contributed by atoms with Crippen molar-refractivity contribution in [2.24, 2.45) is 0 Å². The number of imidazole rings is 1. The number of aryl methyl sites for hydroxylation is 1. The Bertz CT molecular complexity index is 893. The second-order valence-electron chi connectivity index (χ2n) is 6.62. The summed E-state index contributed by atoms with van der Waals surface area (Å²) in [6.45, 7) is 8.69. The molecule has 2 aromatic heterocycles. The molecule has 0 aliphatic carbocycles. The number of para-hydroxylation sites is 1. The molecule has 1 atom stereocenters. The number of ether oxygens (including phenoxy) is 1. The number of pyridine rings is 1. The molecular weight excluding hydrogens is 342 g/mol. The molecule has 7 nitrogen and oxygen atoms in total. The van der Waals surface area contributed by atoms with Crippen LogP contribution in [-0.4, -0.2) is 33.8 Å². The third-order valence-electron chi connectivity index (χ3n) is 4.57. The summed E-state index contributed by atoms with van der Waals surface area (Å²) in [4.78, 5) is 14.6. The van der Waals surface area contributed by atoms with E-state index in [1.54, 1.807) is 0 Å². The largest absolute Gasteiger partial charge is 0.382 e. The number of fused-ring (bicyclic) bond motifs is 3. The van der Waals surface area contributed by atoms with Crippen LogP contribution in [0.25, 0.3) is 21.9 Å². The van der Waals surface area contributed by atoms with Gasteiger partial charge in [0.05, 0.1) is 17.6 Å². The summed E-state index contributed by atoms with van der Waals surface area (Å²) in [5.41, 5.74) is 11.9. The molecule has 0 aliphatic rings. The van der Waals surface area contributed by atoms with E-state index < -0.39 is 0 Å². The van der Waals surface area contributed by atoms with Crippen molar-refractivity contribution in [2.45, 2.75) is 52.8 Å². The van der Waals surface area contributed by atoms with Crippen molar-refractivity contribution in [3.05, 3.63) is 30.1 Å². The maximum atomic E-state index is 6.21. The van der Waals surface area contributed by atoms with E-state index in [-0.39, 0.29) is 0 Å². The van der Waals surface area contributed by atoms with Crippen molar-refractivity contribution in [1.29, 1.82) is 0 Å². The number of nitrogens with zero attached hydrogens (tertiary/aromatic N) is 3. The zero-order valence-corrected chi connectivity index (χ0v) is 16.4. The highest BCUT2D eigenvalue weighted by Crippen LogP contribution is 2.29. The molecule has 0 bridgehead atoms.